The summed E-state index contributed by atoms with van der Waals surface area (Å²) in [4.78, 5) is 32.8. The Balaban J connectivity index is 2.34. The van der Waals surface area contributed by atoms with Crippen molar-refractivity contribution in [3.63, 3.8) is 0 Å². The van der Waals surface area contributed by atoms with Crippen molar-refractivity contribution in [1.29, 1.82) is 0 Å². The first-order valence-electron chi connectivity index (χ1n) is 7.69. The molecule has 0 saturated heterocycles. The summed E-state index contributed by atoms with van der Waals surface area (Å²) < 4.78 is 33.9. The highest BCUT2D eigenvalue weighted by atomic mass is 19.3. The van der Waals surface area contributed by atoms with Gasteiger partial charge in [0.2, 0.25) is 0 Å². The summed E-state index contributed by atoms with van der Waals surface area (Å²) in [5.41, 5.74) is -1.71. The first kappa shape index (κ1) is 21.3. The Kier molecular flexibility index (Phi) is 6.43. The number of ether oxygens (including phenoxy) is 2. The van der Waals surface area contributed by atoms with Gasteiger partial charge >= 0.3 is 6.61 Å². The molecule has 0 aliphatic carbocycles. The highest BCUT2D eigenvalue weighted by molar-refractivity contribution is 5.99. The number of nitrogens with one attached hydrogen (secondary N) is 1. The first-order chi connectivity index (χ1) is 13.6. The van der Waals surface area contributed by atoms with Gasteiger partial charge in [-0.25, -0.2) is 0 Å². The number of hydrogen-bond acceptors (Lipinski definition) is 8. The molecule has 13 heteroatoms. The molecule has 0 heterocycles. The number of alkyl halides is 2. The van der Waals surface area contributed by atoms with E-state index in [1.165, 1.54) is 0 Å². The SMILES string of the molecule is COc1cc(C(=O)NCc2cc([N+](=O)[O-])ccc2O)c([N+](=O)[O-])cc1OC(F)F. The molecule has 0 aromatic heterocycles. The van der Waals surface area contributed by atoms with Crippen LogP contribution in [0, 0.1) is 20.2 Å². The zero-order chi connectivity index (χ0) is 21.7. The number of aromatic hydroxyl groups is 1. The summed E-state index contributed by atoms with van der Waals surface area (Å²) in [5, 5.41) is 34.1. The minimum atomic E-state index is -3.28. The summed E-state index contributed by atoms with van der Waals surface area (Å²) in [6.45, 7) is -3.68. The van der Waals surface area contributed by atoms with Gasteiger partial charge in [0.15, 0.2) is 11.5 Å². The number of carbonyl (C=O) groups excluding carboxylic acids is 1. The van der Waals surface area contributed by atoms with Crippen LogP contribution < -0.4 is 14.8 Å². The largest absolute Gasteiger partial charge is 0.508 e. The zero-order valence-electron chi connectivity index (χ0n) is 14.6. The van der Waals surface area contributed by atoms with Crippen LogP contribution in [0.15, 0.2) is 30.3 Å². The Morgan fingerprint density at radius 1 is 1.17 bits per heavy atom. The van der Waals surface area contributed by atoms with Crippen LogP contribution in [-0.4, -0.2) is 34.6 Å². The molecule has 0 aliphatic heterocycles. The Morgan fingerprint density at radius 2 is 1.86 bits per heavy atom. The van der Waals surface area contributed by atoms with Crippen molar-refractivity contribution in [3.05, 3.63) is 61.7 Å². The van der Waals surface area contributed by atoms with Crippen molar-refractivity contribution in [3.8, 4) is 17.2 Å². The number of non-ortho nitro benzene ring substituents is 1. The predicted octanol–water partition coefficient (Wildman–Crippen LogP) is 2.75. The van der Waals surface area contributed by atoms with Gasteiger partial charge in [-0.3, -0.25) is 25.0 Å². The van der Waals surface area contributed by atoms with Crippen molar-refractivity contribution < 1.29 is 38.0 Å². The molecule has 2 rings (SSSR count). The number of phenols is 1. The molecule has 0 bridgehead atoms. The fourth-order valence-electron chi connectivity index (χ4n) is 2.33. The average molecular weight is 413 g/mol. The van der Waals surface area contributed by atoms with Crippen LogP contribution in [-0.2, 0) is 6.54 Å². The van der Waals surface area contributed by atoms with E-state index in [0.717, 1.165) is 31.4 Å². The number of methoxy groups -OCH3 is 1. The Hall–Kier alpha value is -4.03. The minimum absolute atomic E-state index is 0.0141. The van der Waals surface area contributed by atoms with E-state index in [1.807, 2.05) is 0 Å². The second kappa shape index (κ2) is 8.77. The molecule has 154 valence electrons. The number of rotatable bonds is 8. The third-order valence-electron chi connectivity index (χ3n) is 3.65. The maximum absolute atomic E-state index is 12.5. The van der Waals surface area contributed by atoms with E-state index >= 15 is 0 Å². The Labute approximate surface area is 160 Å². The summed E-state index contributed by atoms with van der Waals surface area (Å²) >= 11 is 0. The number of amides is 1. The first-order valence-corrected chi connectivity index (χ1v) is 7.69. The Morgan fingerprint density at radius 3 is 2.41 bits per heavy atom. The van der Waals surface area contributed by atoms with E-state index in [-0.39, 0.29) is 22.7 Å². The third kappa shape index (κ3) is 5.03. The van der Waals surface area contributed by atoms with E-state index in [0.29, 0.717) is 6.07 Å². The fourth-order valence-corrected chi connectivity index (χ4v) is 2.33. The second-order valence-electron chi connectivity index (χ2n) is 5.41. The molecule has 0 spiro atoms. The quantitative estimate of drug-likeness (QED) is 0.495. The van der Waals surface area contributed by atoms with Gasteiger partial charge in [0.05, 0.1) is 23.0 Å². The third-order valence-corrected chi connectivity index (χ3v) is 3.65. The van der Waals surface area contributed by atoms with E-state index < -0.39 is 45.9 Å². The fraction of sp³-hybridized carbons (Fsp3) is 0.188. The lowest BCUT2D eigenvalue weighted by Gasteiger charge is -2.12. The van der Waals surface area contributed by atoms with Crippen LogP contribution in [0.4, 0.5) is 20.2 Å². The summed E-state index contributed by atoms with van der Waals surface area (Å²) in [7, 11) is 1.09. The molecular weight excluding hydrogens is 400 g/mol. The molecular formula is C16H13F2N3O8. The minimum Gasteiger partial charge on any atom is -0.508 e. The van der Waals surface area contributed by atoms with Gasteiger partial charge in [0.1, 0.15) is 11.3 Å². The van der Waals surface area contributed by atoms with Gasteiger partial charge < -0.3 is 19.9 Å². The second-order valence-corrected chi connectivity index (χ2v) is 5.41. The average Bonchev–Trinajstić information content (AvgIpc) is 2.65. The van der Waals surface area contributed by atoms with E-state index in [1.54, 1.807) is 0 Å². The normalized spacial score (nSPS) is 10.5. The van der Waals surface area contributed by atoms with Gasteiger partial charge in [0, 0.05) is 30.3 Å². The van der Waals surface area contributed by atoms with Crippen LogP contribution in [0.25, 0.3) is 0 Å². The molecule has 0 aliphatic rings. The van der Waals surface area contributed by atoms with Gasteiger partial charge in [-0.15, -0.1) is 0 Å². The van der Waals surface area contributed by atoms with Crippen LogP contribution in [0.2, 0.25) is 0 Å². The highest BCUT2D eigenvalue weighted by Gasteiger charge is 2.26. The van der Waals surface area contributed by atoms with Crippen LogP contribution in [0.5, 0.6) is 17.2 Å². The molecule has 0 radical (unpaired) electrons. The van der Waals surface area contributed by atoms with E-state index in [9.17, 15) is 38.9 Å². The Bertz CT molecular complexity index is 967. The van der Waals surface area contributed by atoms with Gasteiger partial charge in [-0.1, -0.05) is 0 Å². The van der Waals surface area contributed by atoms with Crippen LogP contribution in [0.3, 0.4) is 0 Å². The zero-order valence-corrected chi connectivity index (χ0v) is 14.6. The smallest absolute Gasteiger partial charge is 0.387 e. The van der Waals surface area contributed by atoms with Crippen molar-refractivity contribution in [2.45, 2.75) is 13.2 Å². The number of nitrogens with zero attached hydrogens (tertiary/aromatic N) is 2. The maximum Gasteiger partial charge on any atom is 0.387 e. The van der Waals surface area contributed by atoms with Gasteiger partial charge in [-0.2, -0.15) is 8.78 Å². The number of hydrogen-bond donors (Lipinski definition) is 2. The lowest BCUT2D eigenvalue weighted by Crippen LogP contribution is -2.24. The van der Waals surface area contributed by atoms with Crippen molar-refractivity contribution in [2.24, 2.45) is 0 Å². The summed E-state index contributed by atoms with van der Waals surface area (Å²) in [5.74, 6) is -2.34. The monoisotopic (exact) mass is 413 g/mol. The molecule has 2 aromatic rings. The lowest BCUT2D eigenvalue weighted by molar-refractivity contribution is -0.385. The van der Waals surface area contributed by atoms with Crippen LogP contribution in [0.1, 0.15) is 15.9 Å². The lowest BCUT2D eigenvalue weighted by atomic mass is 10.1. The van der Waals surface area contributed by atoms with Gasteiger partial charge in [0.25, 0.3) is 17.3 Å². The number of phenolic OH excluding ortho intramolecular Hbond substituents is 1. The van der Waals surface area contributed by atoms with E-state index in [2.05, 4.69) is 10.1 Å². The molecule has 2 N–H and O–H groups in total. The molecule has 0 saturated carbocycles. The molecule has 2 aromatic carbocycles. The number of carbonyl (C=O) groups is 1. The summed E-state index contributed by atoms with van der Waals surface area (Å²) in [6, 6.07) is 4.59. The standard InChI is InChI=1S/C16H13F2N3O8/c1-28-13-5-10(11(21(26)27)6-14(13)29-16(17)18)15(23)19-7-8-4-9(20(24)25)2-3-12(8)22/h2-6,16,22H,7H2,1H3,(H,19,23). The van der Waals surface area contributed by atoms with E-state index in [4.69, 9.17) is 4.74 Å². The predicted molar refractivity (Wildman–Crippen MR) is 92.2 cm³/mol. The maximum atomic E-state index is 12.5. The molecule has 29 heavy (non-hydrogen) atoms. The topological polar surface area (TPSA) is 154 Å². The van der Waals surface area contributed by atoms with Crippen molar-refractivity contribution >= 4 is 17.3 Å². The molecule has 0 fully saturated rings. The molecule has 0 atom stereocenters. The number of nitro groups is 2. The van der Waals surface area contributed by atoms with Crippen molar-refractivity contribution in [1.82, 2.24) is 5.32 Å². The molecule has 0 unspecified atom stereocenters. The highest BCUT2D eigenvalue weighted by Crippen LogP contribution is 2.35. The summed E-state index contributed by atoms with van der Waals surface area (Å²) in [6.07, 6.45) is 0. The number of halogens is 2. The van der Waals surface area contributed by atoms with Crippen LogP contribution >= 0.6 is 0 Å². The molecule has 1 amide bonds. The number of nitro benzene ring substituents is 2. The molecule has 11 nitrogen and oxygen atoms in total. The number of benzene rings is 2. The van der Waals surface area contributed by atoms with Gasteiger partial charge in [-0.05, 0) is 6.07 Å². The van der Waals surface area contributed by atoms with Crippen molar-refractivity contribution in [2.75, 3.05) is 7.11 Å².